The Morgan fingerprint density at radius 2 is 1.86 bits per heavy atom. The first-order valence-electron chi connectivity index (χ1n) is 11.5. The SMILES string of the molecule is Cc1cc(Nc2ncnc3ccc(NC4=NC(C)(C)CO4)cc23)ccc1Oc1ncn2cnnc2c1O. The van der Waals surface area contributed by atoms with Crippen LogP contribution in [0, 0.1) is 6.92 Å². The molecule has 4 heterocycles. The molecule has 0 saturated carbocycles. The van der Waals surface area contributed by atoms with Gasteiger partial charge in [-0.1, -0.05) is 0 Å². The van der Waals surface area contributed by atoms with Crippen LogP contribution in [0.5, 0.6) is 17.4 Å². The van der Waals surface area contributed by atoms with E-state index < -0.39 is 0 Å². The summed E-state index contributed by atoms with van der Waals surface area (Å²) in [5.74, 6) is 1.05. The van der Waals surface area contributed by atoms with Crippen molar-refractivity contribution in [1.29, 1.82) is 0 Å². The standard InChI is InChI=1S/C25H23N9O3/c1-14-8-15(5-7-19(14)37-23-20(35)22-33-29-13-34(22)12-28-23)30-21-17-9-16(4-6-18(17)26-11-27-21)31-24-32-25(2,3)10-36-24/h4-9,11-13,35H,10H2,1-3H3,(H,31,32)(H,26,27,30). The maximum Gasteiger partial charge on any atom is 0.289 e. The van der Waals surface area contributed by atoms with Gasteiger partial charge in [-0.25, -0.2) is 15.0 Å². The van der Waals surface area contributed by atoms with E-state index in [9.17, 15) is 5.11 Å². The molecule has 0 amide bonds. The molecule has 186 valence electrons. The number of amidine groups is 1. The highest BCUT2D eigenvalue weighted by atomic mass is 16.5. The Kier molecular flexibility index (Phi) is 5.21. The maximum absolute atomic E-state index is 10.4. The molecule has 0 unspecified atom stereocenters. The van der Waals surface area contributed by atoms with Crippen LogP contribution in [0.1, 0.15) is 19.4 Å². The number of aromatic nitrogens is 6. The van der Waals surface area contributed by atoms with Crippen LogP contribution in [0.2, 0.25) is 0 Å². The van der Waals surface area contributed by atoms with Crippen LogP contribution in [-0.4, -0.2) is 52.8 Å². The lowest BCUT2D eigenvalue weighted by Gasteiger charge is -2.13. The van der Waals surface area contributed by atoms with Gasteiger partial charge in [0.2, 0.25) is 11.4 Å². The Morgan fingerprint density at radius 1 is 1.03 bits per heavy atom. The van der Waals surface area contributed by atoms with Crippen molar-refractivity contribution in [2.24, 2.45) is 4.99 Å². The monoisotopic (exact) mass is 497 g/mol. The fourth-order valence-corrected chi connectivity index (χ4v) is 3.93. The third-order valence-corrected chi connectivity index (χ3v) is 5.78. The number of benzene rings is 2. The molecular formula is C25H23N9O3. The van der Waals surface area contributed by atoms with Crippen LogP contribution in [0.15, 0.2) is 60.4 Å². The van der Waals surface area contributed by atoms with Crippen LogP contribution in [0.4, 0.5) is 17.2 Å². The first-order valence-corrected chi connectivity index (χ1v) is 11.5. The number of rotatable bonds is 5. The largest absolute Gasteiger partial charge is 0.500 e. The molecule has 0 saturated heterocycles. The van der Waals surface area contributed by atoms with E-state index in [1.54, 1.807) is 6.07 Å². The van der Waals surface area contributed by atoms with E-state index in [0.29, 0.717) is 24.2 Å². The molecule has 0 spiro atoms. The fraction of sp³-hybridized carbons (Fsp3) is 0.200. The number of ether oxygens (including phenoxy) is 2. The maximum atomic E-state index is 10.4. The third kappa shape index (κ3) is 4.40. The molecule has 2 aromatic carbocycles. The molecule has 12 heteroatoms. The van der Waals surface area contributed by atoms with E-state index in [2.05, 4.69) is 40.8 Å². The predicted octanol–water partition coefficient (Wildman–Crippen LogP) is 4.19. The summed E-state index contributed by atoms with van der Waals surface area (Å²) in [6, 6.07) is 11.8. The lowest BCUT2D eigenvalue weighted by atomic mass is 10.1. The van der Waals surface area contributed by atoms with Crippen LogP contribution in [0.3, 0.4) is 0 Å². The molecule has 0 radical (unpaired) electrons. The summed E-state index contributed by atoms with van der Waals surface area (Å²) in [5.41, 5.74) is 3.26. The van der Waals surface area contributed by atoms with Crippen LogP contribution in [0.25, 0.3) is 16.6 Å². The first kappa shape index (κ1) is 22.5. The first-order chi connectivity index (χ1) is 17.8. The molecular weight excluding hydrogens is 474 g/mol. The lowest BCUT2D eigenvalue weighted by Crippen LogP contribution is -2.17. The van der Waals surface area contributed by atoms with E-state index in [-0.39, 0.29) is 22.8 Å². The summed E-state index contributed by atoms with van der Waals surface area (Å²) >= 11 is 0. The third-order valence-electron chi connectivity index (χ3n) is 5.78. The van der Waals surface area contributed by atoms with Crippen molar-refractivity contribution in [2.45, 2.75) is 26.3 Å². The molecule has 0 aliphatic carbocycles. The number of aliphatic imine (C=N–C) groups is 1. The van der Waals surface area contributed by atoms with Crippen molar-refractivity contribution in [3.63, 3.8) is 0 Å². The highest BCUT2D eigenvalue weighted by Gasteiger charge is 2.26. The molecule has 6 rings (SSSR count). The van der Waals surface area contributed by atoms with Crippen LogP contribution >= 0.6 is 0 Å². The van der Waals surface area contributed by atoms with Gasteiger partial charge in [0.1, 0.15) is 37.2 Å². The summed E-state index contributed by atoms with van der Waals surface area (Å²) in [5, 5.41) is 25.5. The number of anilines is 3. The van der Waals surface area contributed by atoms with E-state index in [1.165, 1.54) is 23.4 Å². The Labute approximate surface area is 211 Å². The summed E-state index contributed by atoms with van der Waals surface area (Å²) in [6.45, 7) is 6.47. The quantitative estimate of drug-likeness (QED) is 0.323. The minimum absolute atomic E-state index is 0.0466. The number of hydrogen-bond donors (Lipinski definition) is 3. The fourth-order valence-electron chi connectivity index (χ4n) is 3.93. The highest BCUT2D eigenvalue weighted by molar-refractivity contribution is 5.97. The van der Waals surface area contributed by atoms with Gasteiger partial charge in [0, 0.05) is 16.8 Å². The zero-order chi connectivity index (χ0) is 25.6. The van der Waals surface area contributed by atoms with Crippen LogP contribution in [-0.2, 0) is 4.74 Å². The van der Waals surface area contributed by atoms with Gasteiger partial charge in [-0.05, 0) is 62.7 Å². The molecule has 3 N–H and O–H groups in total. The number of aromatic hydroxyl groups is 1. The van der Waals surface area contributed by atoms with Crippen LogP contribution < -0.4 is 15.4 Å². The Balaban J connectivity index is 1.24. The van der Waals surface area contributed by atoms with E-state index in [0.717, 1.165) is 27.8 Å². The number of nitrogens with zero attached hydrogens (tertiary/aromatic N) is 7. The van der Waals surface area contributed by atoms with Crippen molar-refractivity contribution >= 4 is 39.8 Å². The van der Waals surface area contributed by atoms with Crippen molar-refractivity contribution in [1.82, 2.24) is 29.5 Å². The van der Waals surface area contributed by atoms with Crippen molar-refractivity contribution in [2.75, 3.05) is 17.2 Å². The average Bonchev–Trinajstić information content (AvgIpc) is 3.49. The second-order valence-corrected chi connectivity index (χ2v) is 9.26. The van der Waals surface area contributed by atoms with Gasteiger partial charge in [0.15, 0.2) is 0 Å². The summed E-state index contributed by atoms with van der Waals surface area (Å²) in [6.07, 6.45) is 4.44. The molecule has 0 fully saturated rings. The lowest BCUT2D eigenvalue weighted by molar-refractivity contribution is 0.278. The Bertz CT molecular complexity index is 1680. The molecule has 1 aliphatic heterocycles. The number of fused-ring (bicyclic) bond motifs is 2. The summed E-state index contributed by atoms with van der Waals surface area (Å²) in [4.78, 5) is 17.5. The number of hydrogen-bond acceptors (Lipinski definition) is 11. The highest BCUT2D eigenvalue weighted by Crippen LogP contribution is 2.34. The van der Waals surface area contributed by atoms with Gasteiger partial charge < -0.3 is 25.2 Å². The Morgan fingerprint density at radius 3 is 2.68 bits per heavy atom. The van der Waals surface area contributed by atoms with Crippen molar-refractivity contribution < 1.29 is 14.6 Å². The molecule has 12 nitrogen and oxygen atoms in total. The van der Waals surface area contributed by atoms with Gasteiger partial charge in [-0.2, -0.15) is 4.98 Å². The van der Waals surface area contributed by atoms with Crippen molar-refractivity contribution in [3.05, 3.63) is 60.9 Å². The number of nitrogens with one attached hydrogen (secondary N) is 2. The minimum Gasteiger partial charge on any atom is -0.500 e. The van der Waals surface area contributed by atoms with Gasteiger partial charge in [0.05, 0.1) is 11.1 Å². The molecule has 0 bridgehead atoms. The zero-order valence-electron chi connectivity index (χ0n) is 20.3. The minimum atomic E-state index is -0.249. The second-order valence-electron chi connectivity index (χ2n) is 9.26. The molecule has 1 aliphatic rings. The predicted molar refractivity (Wildman–Crippen MR) is 138 cm³/mol. The Hall–Kier alpha value is -5.00. The van der Waals surface area contributed by atoms with E-state index >= 15 is 0 Å². The smallest absolute Gasteiger partial charge is 0.289 e. The van der Waals surface area contributed by atoms with Gasteiger partial charge in [-0.15, -0.1) is 10.2 Å². The summed E-state index contributed by atoms with van der Waals surface area (Å²) < 4.78 is 13.0. The molecule has 0 atom stereocenters. The molecule has 5 aromatic rings. The van der Waals surface area contributed by atoms with Gasteiger partial charge >= 0.3 is 0 Å². The number of aryl methyl sites for hydroxylation is 1. The molecule has 37 heavy (non-hydrogen) atoms. The average molecular weight is 498 g/mol. The van der Waals surface area contributed by atoms with E-state index in [4.69, 9.17) is 9.47 Å². The normalized spacial score (nSPS) is 14.4. The summed E-state index contributed by atoms with van der Waals surface area (Å²) in [7, 11) is 0. The molecule has 3 aromatic heterocycles. The van der Waals surface area contributed by atoms with Crippen molar-refractivity contribution in [3.8, 4) is 17.4 Å². The zero-order valence-corrected chi connectivity index (χ0v) is 20.3. The second kappa shape index (κ2) is 8.59. The van der Waals surface area contributed by atoms with Gasteiger partial charge in [0.25, 0.3) is 11.9 Å². The van der Waals surface area contributed by atoms with Gasteiger partial charge in [-0.3, -0.25) is 4.40 Å². The van der Waals surface area contributed by atoms with E-state index in [1.807, 2.05) is 51.1 Å². The topological polar surface area (TPSA) is 144 Å².